The maximum Gasteiger partial charge on any atom is 0.0365 e. The van der Waals surface area contributed by atoms with Gasteiger partial charge in [0.05, 0.1) is 0 Å². The van der Waals surface area contributed by atoms with Crippen LogP contribution in [0.1, 0.15) is 31.2 Å². The first-order valence-corrected chi connectivity index (χ1v) is 8.11. The molecule has 4 rings (SSSR count). The molecule has 0 aromatic heterocycles. The molecular formula is C18H20ClN. The average molecular weight is 286 g/mol. The van der Waals surface area contributed by atoms with Crippen molar-refractivity contribution >= 4 is 22.4 Å². The topological polar surface area (TPSA) is 3.24 Å². The summed E-state index contributed by atoms with van der Waals surface area (Å²) in [4.78, 5) is 2.71. The van der Waals surface area contributed by atoms with E-state index in [0.717, 1.165) is 6.54 Å². The van der Waals surface area contributed by atoms with Gasteiger partial charge in [0.15, 0.2) is 0 Å². The van der Waals surface area contributed by atoms with Crippen molar-refractivity contribution in [2.24, 2.45) is 0 Å². The predicted octanol–water partition coefficient (Wildman–Crippen LogP) is 4.57. The lowest BCUT2D eigenvalue weighted by Gasteiger charge is -2.37. The zero-order chi connectivity index (χ0) is 13.5. The van der Waals surface area contributed by atoms with Gasteiger partial charge in [-0.05, 0) is 42.0 Å². The molecule has 2 aliphatic rings. The fourth-order valence-electron chi connectivity index (χ4n) is 4.09. The molecule has 0 aliphatic carbocycles. The highest BCUT2D eigenvalue weighted by Gasteiger charge is 2.39. The number of piperidine rings is 1. The zero-order valence-corrected chi connectivity index (χ0v) is 12.4. The third-order valence-electron chi connectivity index (χ3n) is 5.06. The van der Waals surface area contributed by atoms with Crippen molar-refractivity contribution < 1.29 is 0 Å². The molecule has 104 valence electrons. The van der Waals surface area contributed by atoms with Crippen molar-refractivity contribution in [2.45, 2.75) is 49.7 Å². The first-order chi connectivity index (χ1) is 9.81. The van der Waals surface area contributed by atoms with Crippen LogP contribution in [0.4, 0.5) is 0 Å². The van der Waals surface area contributed by atoms with Gasteiger partial charge in [0.1, 0.15) is 0 Å². The van der Waals surface area contributed by atoms with E-state index in [9.17, 15) is 0 Å². The summed E-state index contributed by atoms with van der Waals surface area (Å²) in [6, 6.07) is 16.8. The van der Waals surface area contributed by atoms with Crippen LogP contribution in [0.25, 0.3) is 10.8 Å². The predicted molar refractivity (Wildman–Crippen MR) is 85.2 cm³/mol. The van der Waals surface area contributed by atoms with E-state index >= 15 is 0 Å². The van der Waals surface area contributed by atoms with E-state index in [1.54, 1.807) is 0 Å². The van der Waals surface area contributed by atoms with Gasteiger partial charge < -0.3 is 0 Å². The first kappa shape index (κ1) is 12.7. The van der Waals surface area contributed by atoms with Crippen LogP contribution >= 0.6 is 11.6 Å². The number of hydrogen-bond donors (Lipinski definition) is 0. The van der Waals surface area contributed by atoms with Crippen LogP contribution in [0, 0.1) is 0 Å². The van der Waals surface area contributed by atoms with Crippen molar-refractivity contribution in [3.63, 3.8) is 0 Å². The van der Waals surface area contributed by atoms with Gasteiger partial charge >= 0.3 is 0 Å². The molecule has 2 aromatic carbocycles. The summed E-state index contributed by atoms with van der Waals surface area (Å²) in [5, 5.41) is 3.16. The quantitative estimate of drug-likeness (QED) is 0.731. The van der Waals surface area contributed by atoms with Gasteiger partial charge in [0.25, 0.3) is 0 Å². The standard InChI is InChI=1S/C18H20ClN/c19-15-10-16-8-9-17(11-15)20(16)12-14-6-3-5-13-4-1-2-7-18(13)14/h1-7,15-17H,8-12H2. The maximum atomic E-state index is 6.38. The van der Waals surface area contributed by atoms with Crippen molar-refractivity contribution in [3.05, 3.63) is 48.0 Å². The Labute approximate surface area is 125 Å². The van der Waals surface area contributed by atoms with Crippen LogP contribution < -0.4 is 0 Å². The molecule has 2 aromatic rings. The van der Waals surface area contributed by atoms with Gasteiger partial charge in [-0.2, -0.15) is 0 Å². The van der Waals surface area contributed by atoms with E-state index in [0.29, 0.717) is 17.5 Å². The highest BCUT2D eigenvalue weighted by atomic mass is 35.5. The lowest BCUT2D eigenvalue weighted by molar-refractivity contribution is 0.135. The Morgan fingerprint density at radius 2 is 1.65 bits per heavy atom. The molecule has 0 radical (unpaired) electrons. The minimum absolute atomic E-state index is 0.399. The van der Waals surface area contributed by atoms with Crippen LogP contribution in [-0.2, 0) is 6.54 Å². The number of hydrogen-bond acceptors (Lipinski definition) is 1. The van der Waals surface area contributed by atoms with Crippen LogP contribution in [0.2, 0.25) is 0 Å². The smallest absolute Gasteiger partial charge is 0.0365 e. The molecule has 0 spiro atoms. The summed E-state index contributed by atoms with van der Waals surface area (Å²) in [7, 11) is 0. The SMILES string of the molecule is ClC1CC2CCC(C1)N2Cc1cccc2ccccc12. The van der Waals surface area contributed by atoms with Crippen LogP contribution in [0.5, 0.6) is 0 Å². The Kier molecular flexibility index (Phi) is 3.20. The monoisotopic (exact) mass is 285 g/mol. The van der Waals surface area contributed by atoms with Crippen molar-refractivity contribution in [1.29, 1.82) is 0 Å². The normalized spacial score (nSPS) is 29.9. The Morgan fingerprint density at radius 3 is 2.45 bits per heavy atom. The van der Waals surface area contributed by atoms with E-state index in [1.165, 1.54) is 42.0 Å². The third-order valence-corrected chi connectivity index (χ3v) is 5.42. The van der Waals surface area contributed by atoms with Crippen molar-refractivity contribution in [3.8, 4) is 0 Å². The Balaban J connectivity index is 1.65. The van der Waals surface area contributed by atoms with Gasteiger partial charge in [-0.3, -0.25) is 4.90 Å². The number of benzene rings is 2. The van der Waals surface area contributed by atoms with E-state index in [1.807, 2.05) is 0 Å². The molecule has 2 fully saturated rings. The second-order valence-electron chi connectivity index (χ2n) is 6.26. The Morgan fingerprint density at radius 1 is 0.950 bits per heavy atom. The molecule has 2 heterocycles. The fourth-order valence-corrected chi connectivity index (χ4v) is 4.50. The number of nitrogens with zero attached hydrogens (tertiary/aromatic N) is 1. The van der Waals surface area contributed by atoms with Gasteiger partial charge in [0, 0.05) is 24.0 Å². The summed E-state index contributed by atoms with van der Waals surface area (Å²) in [5.74, 6) is 0. The van der Waals surface area contributed by atoms with Crippen molar-refractivity contribution in [1.82, 2.24) is 4.90 Å². The molecule has 1 nitrogen and oxygen atoms in total. The van der Waals surface area contributed by atoms with Gasteiger partial charge in [-0.1, -0.05) is 42.5 Å². The number of fused-ring (bicyclic) bond motifs is 3. The number of alkyl halides is 1. The second-order valence-corrected chi connectivity index (χ2v) is 6.88. The van der Waals surface area contributed by atoms with E-state index in [2.05, 4.69) is 47.4 Å². The number of rotatable bonds is 2. The molecule has 2 aliphatic heterocycles. The molecule has 2 bridgehead atoms. The lowest BCUT2D eigenvalue weighted by Crippen LogP contribution is -2.42. The fraction of sp³-hybridized carbons (Fsp3) is 0.444. The molecule has 2 unspecified atom stereocenters. The van der Waals surface area contributed by atoms with E-state index in [4.69, 9.17) is 11.6 Å². The van der Waals surface area contributed by atoms with Crippen molar-refractivity contribution in [2.75, 3.05) is 0 Å². The summed E-state index contributed by atoms with van der Waals surface area (Å²) in [6.07, 6.45) is 5.00. The van der Waals surface area contributed by atoms with E-state index < -0.39 is 0 Å². The minimum atomic E-state index is 0.399. The molecule has 0 N–H and O–H groups in total. The molecule has 2 saturated heterocycles. The van der Waals surface area contributed by atoms with Crippen LogP contribution in [0.3, 0.4) is 0 Å². The maximum absolute atomic E-state index is 6.38. The highest BCUT2D eigenvalue weighted by molar-refractivity contribution is 6.20. The zero-order valence-electron chi connectivity index (χ0n) is 11.6. The second kappa shape index (κ2) is 5.05. The first-order valence-electron chi connectivity index (χ1n) is 7.68. The van der Waals surface area contributed by atoms with E-state index in [-0.39, 0.29) is 0 Å². The molecule has 20 heavy (non-hydrogen) atoms. The summed E-state index contributed by atoms with van der Waals surface area (Å²) in [6.45, 7) is 1.08. The van der Waals surface area contributed by atoms with Gasteiger partial charge in [0.2, 0.25) is 0 Å². The molecule has 2 atom stereocenters. The third kappa shape index (κ3) is 2.13. The lowest BCUT2D eigenvalue weighted by atomic mass is 9.99. The Hall–Kier alpha value is -1.05. The molecule has 0 amide bonds. The van der Waals surface area contributed by atoms with Crippen LogP contribution in [-0.4, -0.2) is 22.4 Å². The number of halogens is 1. The largest absolute Gasteiger partial charge is 0.293 e. The molecular weight excluding hydrogens is 266 g/mol. The summed E-state index contributed by atoms with van der Waals surface area (Å²) < 4.78 is 0. The summed E-state index contributed by atoms with van der Waals surface area (Å²) >= 11 is 6.38. The molecule has 0 saturated carbocycles. The van der Waals surface area contributed by atoms with Crippen LogP contribution in [0.15, 0.2) is 42.5 Å². The molecule has 2 heteroatoms. The Bertz CT molecular complexity index is 604. The van der Waals surface area contributed by atoms with Gasteiger partial charge in [-0.15, -0.1) is 11.6 Å². The summed E-state index contributed by atoms with van der Waals surface area (Å²) in [5.41, 5.74) is 1.47. The van der Waals surface area contributed by atoms with Gasteiger partial charge in [-0.25, -0.2) is 0 Å². The minimum Gasteiger partial charge on any atom is -0.293 e. The highest BCUT2D eigenvalue weighted by Crippen LogP contribution is 2.39. The average Bonchev–Trinajstić information content (AvgIpc) is 2.70.